The molecule has 0 amide bonds. The Balaban J connectivity index is 1.82. The summed E-state index contributed by atoms with van der Waals surface area (Å²) in [7, 11) is -3.78. The average molecular weight is 377 g/mol. The molecular weight excluding hydrogens is 360 g/mol. The monoisotopic (exact) mass is 376 g/mol. The third kappa shape index (κ3) is 3.71. The first kappa shape index (κ1) is 17.5. The van der Waals surface area contributed by atoms with E-state index in [1.807, 2.05) is 4.90 Å². The van der Waals surface area contributed by atoms with Gasteiger partial charge in [0, 0.05) is 31.2 Å². The lowest BCUT2D eigenvalue weighted by Crippen LogP contribution is -2.47. The fraction of sp³-hybridized carbons (Fsp3) is 0.235. The second kappa shape index (κ2) is 6.92. The summed E-state index contributed by atoms with van der Waals surface area (Å²) in [5, 5.41) is 15.2. The summed E-state index contributed by atoms with van der Waals surface area (Å²) in [6.45, 7) is 2.52. The normalized spacial score (nSPS) is 15.1. The van der Waals surface area contributed by atoms with Crippen LogP contribution in [-0.2, 0) is 10.0 Å². The van der Waals surface area contributed by atoms with E-state index in [4.69, 9.17) is 16.7 Å². The number of nitriles is 1. The molecule has 3 rings (SSSR count). The molecule has 0 unspecified atom stereocenters. The number of primary sulfonamides is 1. The first-order valence-corrected chi connectivity index (χ1v) is 9.64. The fourth-order valence-electron chi connectivity index (χ4n) is 3.01. The number of anilines is 2. The van der Waals surface area contributed by atoms with Crippen LogP contribution in [-0.4, -0.2) is 34.6 Å². The van der Waals surface area contributed by atoms with Crippen LogP contribution in [0.4, 0.5) is 11.4 Å². The van der Waals surface area contributed by atoms with Crippen LogP contribution in [0.3, 0.4) is 0 Å². The number of hydrogen-bond donors (Lipinski definition) is 1. The second-order valence-corrected chi connectivity index (χ2v) is 7.73. The Morgan fingerprint density at radius 1 is 1.00 bits per heavy atom. The lowest BCUT2D eigenvalue weighted by Gasteiger charge is -2.38. The molecule has 0 aliphatic carbocycles. The Morgan fingerprint density at radius 2 is 1.60 bits per heavy atom. The Morgan fingerprint density at radius 3 is 2.20 bits per heavy atom. The SMILES string of the molecule is N#Cc1ccc(Cl)cc1N1CCN(c2ccccc2S(N)(=O)=O)CC1. The lowest BCUT2D eigenvalue weighted by molar-refractivity contribution is 0.595. The van der Waals surface area contributed by atoms with Crippen LogP contribution in [0.1, 0.15) is 5.56 Å². The Kier molecular flexibility index (Phi) is 4.86. The molecule has 0 aromatic heterocycles. The lowest BCUT2D eigenvalue weighted by atomic mass is 10.1. The maximum absolute atomic E-state index is 11.8. The Labute approximate surface area is 152 Å². The number of sulfonamides is 1. The molecule has 0 bridgehead atoms. The summed E-state index contributed by atoms with van der Waals surface area (Å²) in [5.74, 6) is 0. The van der Waals surface area contributed by atoms with Crippen LogP contribution in [0.2, 0.25) is 5.02 Å². The molecule has 2 aromatic carbocycles. The van der Waals surface area contributed by atoms with Gasteiger partial charge in [-0.15, -0.1) is 0 Å². The third-order valence-electron chi connectivity index (χ3n) is 4.21. The van der Waals surface area contributed by atoms with E-state index in [1.165, 1.54) is 6.07 Å². The Hall–Kier alpha value is -2.27. The highest BCUT2D eigenvalue weighted by Gasteiger charge is 2.23. The molecule has 6 nitrogen and oxygen atoms in total. The van der Waals surface area contributed by atoms with E-state index in [1.54, 1.807) is 36.4 Å². The molecule has 0 spiro atoms. The van der Waals surface area contributed by atoms with E-state index < -0.39 is 10.0 Å². The second-order valence-electron chi connectivity index (χ2n) is 5.76. The molecule has 1 saturated heterocycles. The van der Waals surface area contributed by atoms with Crippen molar-refractivity contribution in [3.05, 3.63) is 53.1 Å². The van der Waals surface area contributed by atoms with E-state index in [0.29, 0.717) is 42.5 Å². The molecule has 0 saturated carbocycles. The van der Waals surface area contributed by atoms with E-state index in [2.05, 4.69) is 11.0 Å². The zero-order valence-electron chi connectivity index (χ0n) is 13.4. The molecule has 0 atom stereocenters. The zero-order chi connectivity index (χ0) is 18.0. The number of rotatable bonds is 3. The van der Waals surface area contributed by atoms with E-state index in [-0.39, 0.29) is 4.90 Å². The average Bonchev–Trinajstić information content (AvgIpc) is 2.61. The van der Waals surface area contributed by atoms with Crippen LogP contribution < -0.4 is 14.9 Å². The van der Waals surface area contributed by atoms with Crippen molar-refractivity contribution < 1.29 is 8.42 Å². The molecule has 1 heterocycles. The van der Waals surface area contributed by atoms with Crippen LogP contribution >= 0.6 is 11.6 Å². The van der Waals surface area contributed by atoms with Crippen molar-refractivity contribution in [3.8, 4) is 6.07 Å². The van der Waals surface area contributed by atoms with E-state index >= 15 is 0 Å². The summed E-state index contributed by atoms with van der Waals surface area (Å²) in [5.41, 5.74) is 1.98. The fourth-order valence-corrected chi connectivity index (χ4v) is 3.93. The van der Waals surface area contributed by atoms with Gasteiger partial charge in [0.2, 0.25) is 10.0 Å². The highest BCUT2D eigenvalue weighted by molar-refractivity contribution is 7.89. The summed E-state index contributed by atoms with van der Waals surface area (Å²) >= 11 is 6.06. The number of hydrogen-bond acceptors (Lipinski definition) is 5. The van der Waals surface area contributed by atoms with Crippen molar-refractivity contribution in [3.63, 3.8) is 0 Å². The predicted molar refractivity (Wildman–Crippen MR) is 98.4 cm³/mol. The number of nitrogens with two attached hydrogens (primary N) is 1. The molecule has 1 aliphatic rings. The number of benzene rings is 2. The number of piperazine rings is 1. The van der Waals surface area contributed by atoms with Crippen LogP contribution in [0.15, 0.2) is 47.4 Å². The molecule has 8 heteroatoms. The van der Waals surface area contributed by atoms with Crippen LogP contribution in [0, 0.1) is 11.3 Å². The van der Waals surface area contributed by atoms with Gasteiger partial charge in [-0.2, -0.15) is 5.26 Å². The van der Waals surface area contributed by atoms with Gasteiger partial charge in [-0.25, -0.2) is 13.6 Å². The van der Waals surface area contributed by atoms with Gasteiger partial charge in [-0.05, 0) is 30.3 Å². The predicted octanol–water partition coefficient (Wildman–Crippen LogP) is 2.19. The largest absolute Gasteiger partial charge is 0.367 e. The minimum Gasteiger partial charge on any atom is -0.367 e. The number of nitrogens with zero attached hydrogens (tertiary/aromatic N) is 3. The van der Waals surface area contributed by atoms with Gasteiger partial charge in [0.1, 0.15) is 11.0 Å². The highest BCUT2D eigenvalue weighted by atomic mass is 35.5. The third-order valence-corrected chi connectivity index (χ3v) is 5.41. The van der Waals surface area contributed by atoms with Gasteiger partial charge in [0.05, 0.1) is 16.9 Å². The Bertz CT molecular complexity index is 932. The quantitative estimate of drug-likeness (QED) is 0.886. The van der Waals surface area contributed by atoms with E-state index in [9.17, 15) is 13.7 Å². The van der Waals surface area contributed by atoms with Gasteiger partial charge in [0.25, 0.3) is 0 Å². The van der Waals surface area contributed by atoms with Gasteiger partial charge in [0.15, 0.2) is 0 Å². The minimum absolute atomic E-state index is 0.129. The highest BCUT2D eigenvalue weighted by Crippen LogP contribution is 2.29. The van der Waals surface area contributed by atoms with Crippen molar-refractivity contribution in [1.82, 2.24) is 0 Å². The van der Waals surface area contributed by atoms with Crippen molar-refractivity contribution in [2.45, 2.75) is 4.90 Å². The van der Waals surface area contributed by atoms with Gasteiger partial charge in [-0.1, -0.05) is 23.7 Å². The van der Waals surface area contributed by atoms with Crippen molar-refractivity contribution in [2.24, 2.45) is 5.14 Å². The summed E-state index contributed by atoms with van der Waals surface area (Å²) < 4.78 is 23.6. The molecule has 1 aliphatic heterocycles. The molecule has 130 valence electrons. The molecular formula is C17H17ClN4O2S. The summed E-state index contributed by atoms with van der Waals surface area (Å²) in [6.07, 6.45) is 0. The summed E-state index contributed by atoms with van der Waals surface area (Å²) in [6, 6.07) is 14.1. The zero-order valence-corrected chi connectivity index (χ0v) is 15.0. The topological polar surface area (TPSA) is 90.4 Å². The van der Waals surface area contributed by atoms with Crippen molar-refractivity contribution >= 4 is 33.0 Å². The molecule has 0 radical (unpaired) electrons. The smallest absolute Gasteiger partial charge is 0.240 e. The molecule has 2 aromatic rings. The minimum atomic E-state index is -3.78. The van der Waals surface area contributed by atoms with Crippen molar-refractivity contribution in [2.75, 3.05) is 36.0 Å². The maximum Gasteiger partial charge on any atom is 0.240 e. The standard InChI is InChI=1S/C17H17ClN4O2S/c18-14-6-5-13(12-19)16(11-14)22-9-7-21(8-10-22)15-3-1-2-4-17(15)25(20,23)24/h1-6,11H,7-10H2,(H2,20,23,24). The van der Waals surface area contributed by atoms with E-state index in [0.717, 1.165) is 5.69 Å². The van der Waals surface area contributed by atoms with Crippen LogP contribution in [0.5, 0.6) is 0 Å². The first-order chi connectivity index (χ1) is 11.9. The number of halogens is 1. The molecule has 1 fully saturated rings. The van der Waals surface area contributed by atoms with Gasteiger partial charge >= 0.3 is 0 Å². The summed E-state index contributed by atoms with van der Waals surface area (Å²) in [4.78, 5) is 4.21. The maximum atomic E-state index is 11.8. The molecule has 25 heavy (non-hydrogen) atoms. The van der Waals surface area contributed by atoms with Crippen LogP contribution in [0.25, 0.3) is 0 Å². The van der Waals surface area contributed by atoms with Gasteiger partial charge < -0.3 is 9.80 Å². The molecule has 2 N–H and O–H groups in total. The first-order valence-electron chi connectivity index (χ1n) is 7.71. The number of para-hydroxylation sites is 1. The van der Waals surface area contributed by atoms with Gasteiger partial charge in [-0.3, -0.25) is 0 Å². The van der Waals surface area contributed by atoms with Crippen molar-refractivity contribution in [1.29, 1.82) is 5.26 Å².